The van der Waals surface area contributed by atoms with Crippen LogP contribution in [0.1, 0.15) is 30.9 Å². The predicted molar refractivity (Wildman–Crippen MR) is 160 cm³/mol. The first kappa shape index (κ1) is 23.9. The van der Waals surface area contributed by atoms with Gasteiger partial charge in [-0.3, -0.25) is 0 Å². The van der Waals surface area contributed by atoms with Gasteiger partial charge in [0.2, 0.25) is 0 Å². The summed E-state index contributed by atoms with van der Waals surface area (Å²) < 4.78 is 4.79. The summed E-state index contributed by atoms with van der Waals surface area (Å²) in [6, 6.07) is 43.9. The molecular weight excluding hydrogens is 460 g/mol. The van der Waals surface area contributed by atoms with Crippen LogP contribution in [0.25, 0.3) is 50.4 Å². The molecule has 0 atom stereocenters. The number of nitrogens with zero attached hydrogens (tertiary/aromatic N) is 2. The number of imidazole rings is 1. The van der Waals surface area contributed by atoms with E-state index >= 15 is 0 Å². The summed E-state index contributed by atoms with van der Waals surface area (Å²) in [6.45, 7) is 6.73. The molecule has 0 saturated carbocycles. The van der Waals surface area contributed by atoms with Gasteiger partial charge in [-0.2, -0.15) is 4.57 Å². The molecule has 1 heterocycles. The Balaban J connectivity index is 1.59. The molecule has 5 aromatic carbocycles. The molecule has 0 bridgehead atoms. The van der Waals surface area contributed by atoms with Crippen molar-refractivity contribution in [3.63, 3.8) is 0 Å². The molecule has 0 unspecified atom stereocenters. The van der Waals surface area contributed by atoms with E-state index < -0.39 is 0 Å². The third-order valence-corrected chi connectivity index (χ3v) is 7.62. The molecular formula is C36H33N2+. The van der Waals surface area contributed by atoms with Crippen molar-refractivity contribution in [1.29, 1.82) is 0 Å². The molecule has 38 heavy (non-hydrogen) atoms. The third-order valence-electron chi connectivity index (χ3n) is 7.62. The minimum Gasteiger partial charge on any atom is -0.225 e. The normalized spacial score (nSPS) is 11.4. The number of aryl methyl sites for hydroxylation is 2. The number of hydrogen-bond acceptors (Lipinski definition) is 0. The third kappa shape index (κ3) is 4.22. The van der Waals surface area contributed by atoms with Crippen molar-refractivity contribution in [2.45, 2.75) is 26.7 Å². The summed E-state index contributed by atoms with van der Waals surface area (Å²) in [4.78, 5) is 0. The molecule has 6 aromatic rings. The summed E-state index contributed by atoms with van der Waals surface area (Å²) in [5.41, 5.74) is 12.4. The minimum absolute atomic E-state index is 0.472. The Morgan fingerprint density at radius 3 is 1.82 bits per heavy atom. The van der Waals surface area contributed by atoms with Gasteiger partial charge in [-0.1, -0.05) is 105 Å². The molecule has 0 spiro atoms. The summed E-state index contributed by atoms with van der Waals surface area (Å²) in [5, 5.41) is 0. The predicted octanol–water partition coefficient (Wildman–Crippen LogP) is 8.89. The van der Waals surface area contributed by atoms with E-state index in [1.165, 1.54) is 55.8 Å². The van der Waals surface area contributed by atoms with E-state index in [2.05, 4.69) is 158 Å². The van der Waals surface area contributed by atoms with E-state index in [-0.39, 0.29) is 0 Å². The largest absolute Gasteiger partial charge is 0.295 e. The lowest BCUT2D eigenvalue weighted by Crippen LogP contribution is -2.30. The molecule has 0 fully saturated rings. The van der Waals surface area contributed by atoms with Gasteiger partial charge < -0.3 is 0 Å². The van der Waals surface area contributed by atoms with Crippen LogP contribution in [0.15, 0.2) is 121 Å². The van der Waals surface area contributed by atoms with E-state index in [4.69, 9.17) is 0 Å². The summed E-state index contributed by atoms with van der Waals surface area (Å²) >= 11 is 0. The van der Waals surface area contributed by atoms with E-state index in [9.17, 15) is 0 Å². The summed E-state index contributed by atoms with van der Waals surface area (Å²) in [6.07, 6.45) is 0. The standard InChI is InChI=1S/C36H33N2/c1-25(2)30-19-22-34-35(24-30)37(4)36(33-23-31(16-15-26(33)3)28-13-9-6-10-14-28)38(34)32-20-17-29(18-21-32)27-11-7-5-8-12-27/h5-25H,1-4H3/q+1. The van der Waals surface area contributed by atoms with Gasteiger partial charge in [0.25, 0.3) is 5.82 Å². The lowest BCUT2D eigenvalue weighted by molar-refractivity contribution is -0.633. The Labute approximate surface area is 225 Å². The minimum atomic E-state index is 0.472. The molecule has 186 valence electrons. The summed E-state index contributed by atoms with van der Waals surface area (Å²) in [7, 11) is 2.20. The Bertz CT molecular complexity index is 1720. The van der Waals surface area contributed by atoms with Gasteiger partial charge in [0, 0.05) is 0 Å². The van der Waals surface area contributed by atoms with Crippen LogP contribution >= 0.6 is 0 Å². The second-order valence-corrected chi connectivity index (χ2v) is 10.4. The molecule has 2 heteroatoms. The molecule has 0 radical (unpaired) electrons. The van der Waals surface area contributed by atoms with Crippen LogP contribution in [0.2, 0.25) is 0 Å². The number of hydrogen-bond donors (Lipinski definition) is 0. The van der Waals surface area contributed by atoms with Gasteiger partial charge in [-0.15, -0.1) is 0 Å². The Kier molecular flexibility index (Phi) is 6.17. The first-order chi connectivity index (χ1) is 18.5. The van der Waals surface area contributed by atoms with E-state index in [1.807, 2.05) is 0 Å². The summed E-state index contributed by atoms with van der Waals surface area (Å²) in [5.74, 6) is 1.66. The lowest BCUT2D eigenvalue weighted by atomic mass is 9.99. The van der Waals surface area contributed by atoms with Crippen LogP contribution in [-0.4, -0.2) is 4.57 Å². The smallest absolute Gasteiger partial charge is 0.225 e. The monoisotopic (exact) mass is 493 g/mol. The fraction of sp³-hybridized carbons (Fsp3) is 0.139. The van der Waals surface area contributed by atoms with Crippen molar-refractivity contribution in [3.8, 4) is 39.3 Å². The van der Waals surface area contributed by atoms with Crippen LogP contribution < -0.4 is 4.57 Å². The highest BCUT2D eigenvalue weighted by Crippen LogP contribution is 2.34. The first-order valence-corrected chi connectivity index (χ1v) is 13.4. The fourth-order valence-corrected chi connectivity index (χ4v) is 5.40. The van der Waals surface area contributed by atoms with Crippen LogP contribution in [0.5, 0.6) is 0 Å². The fourth-order valence-electron chi connectivity index (χ4n) is 5.40. The maximum absolute atomic E-state index is 2.42. The van der Waals surface area contributed by atoms with Crippen molar-refractivity contribution in [2.75, 3.05) is 0 Å². The van der Waals surface area contributed by atoms with Crippen molar-refractivity contribution in [2.24, 2.45) is 7.05 Å². The quantitative estimate of drug-likeness (QED) is 0.212. The van der Waals surface area contributed by atoms with Gasteiger partial charge in [0.15, 0.2) is 11.0 Å². The molecule has 2 nitrogen and oxygen atoms in total. The highest BCUT2D eigenvalue weighted by molar-refractivity contribution is 5.82. The SMILES string of the molecule is Cc1ccc(-c2ccccc2)cc1-c1n(-c2ccc(-c3ccccc3)cc2)c2ccc(C(C)C)cc2[n+]1C. The van der Waals surface area contributed by atoms with E-state index in [0.717, 1.165) is 5.69 Å². The van der Waals surface area contributed by atoms with Crippen LogP contribution in [0, 0.1) is 6.92 Å². The van der Waals surface area contributed by atoms with Crippen LogP contribution in [0.3, 0.4) is 0 Å². The molecule has 0 amide bonds. The molecule has 6 rings (SSSR count). The van der Waals surface area contributed by atoms with E-state index in [0.29, 0.717) is 5.92 Å². The van der Waals surface area contributed by atoms with Gasteiger partial charge in [-0.25, -0.2) is 4.57 Å². The van der Waals surface area contributed by atoms with E-state index in [1.54, 1.807) is 0 Å². The van der Waals surface area contributed by atoms with Crippen molar-refractivity contribution in [1.82, 2.24) is 4.57 Å². The average Bonchev–Trinajstić information content (AvgIpc) is 3.25. The van der Waals surface area contributed by atoms with Gasteiger partial charge in [-0.05, 0) is 76.6 Å². The lowest BCUT2D eigenvalue weighted by Gasteiger charge is -2.10. The zero-order valence-electron chi connectivity index (χ0n) is 22.5. The molecule has 0 saturated heterocycles. The average molecular weight is 494 g/mol. The van der Waals surface area contributed by atoms with Crippen molar-refractivity contribution < 1.29 is 4.57 Å². The van der Waals surface area contributed by atoms with Crippen LogP contribution in [0.4, 0.5) is 0 Å². The topological polar surface area (TPSA) is 8.81 Å². The van der Waals surface area contributed by atoms with Crippen molar-refractivity contribution >= 4 is 11.0 Å². The Morgan fingerprint density at radius 1 is 0.605 bits per heavy atom. The zero-order chi connectivity index (χ0) is 26.2. The van der Waals surface area contributed by atoms with Crippen molar-refractivity contribution in [3.05, 3.63) is 132 Å². The van der Waals surface area contributed by atoms with Gasteiger partial charge in [0.1, 0.15) is 5.69 Å². The second kappa shape index (κ2) is 9.79. The Hall–Kier alpha value is -4.43. The Morgan fingerprint density at radius 2 is 1.18 bits per heavy atom. The number of fused-ring (bicyclic) bond motifs is 1. The number of aromatic nitrogens is 2. The molecule has 0 aliphatic heterocycles. The maximum Gasteiger partial charge on any atom is 0.295 e. The first-order valence-electron chi connectivity index (χ1n) is 13.4. The number of benzene rings is 5. The second-order valence-electron chi connectivity index (χ2n) is 10.4. The highest BCUT2D eigenvalue weighted by Gasteiger charge is 2.28. The molecule has 0 N–H and O–H groups in total. The van der Waals surface area contributed by atoms with Gasteiger partial charge >= 0.3 is 0 Å². The highest BCUT2D eigenvalue weighted by atomic mass is 15.2. The maximum atomic E-state index is 2.42. The number of rotatable bonds is 5. The van der Waals surface area contributed by atoms with Crippen LogP contribution in [-0.2, 0) is 7.05 Å². The molecule has 0 aliphatic rings. The molecule has 1 aromatic heterocycles. The van der Waals surface area contributed by atoms with Gasteiger partial charge in [0.05, 0.1) is 12.6 Å². The molecule has 0 aliphatic carbocycles. The zero-order valence-corrected chi connectivity index (χ0v) is 22.5.